The molecule has 29 heavy (non-hydrogen) atoms. The molecule has 2 amide bonds. The molecule has 10 nitrogen and oxygen atoms in total. The van der Waals surface area contributed by atoms with E-state index in [1.165, 1.54) is 21.3 Å². The number of nitrogens with one attached hydrogen (secondary N) is 1. The van der Waals surface area contributed by atoms with E-state index in [1.807, 2.05) is 0 Å². The van der Waals surface area contributed by atoms with Gasteiger partial charge in [-0.1, -0.05) is 0 Å². The highest BCUT2D eigenvalue weighted by atomic mass is 32.2. The second kappa shape index (κ2) is 8.22. The van der Waals surface area contributed by atoms with E-state index in [-0.39, 0.29) is 31.9 Å². The lowest BCUT2D eigenvalue weighted by molar-refractivity contribution is -0.768. The number of hydroxylamine groups is 2. The molecule has 160 valence electrons. The first-order valence-corrected chi connectivity index (χ1v) is 10.9. The Hall–Kier alpha value is -2.28. The van der Waals surface area contributed by atoms with Gasteiger partial charge >= 0.3 is 12.0 Å². The van der Waals surface area contributed by atoms with Gasteiger partial charge in [0.15, 0.2) is 6.10 Å². The van der Waals surface area contributed by atoms with Crippen molar-refractivity contribution < 1.29 is 32.2 Å². The Morgan fingerprint density at radius 2 is 1.97 bits per heavy atom. The third-order valence-electron chi connectivity index (χ3n) is 4.97. The number of amides is 2. The Morgan fingerprint density at radius 3 is 2.52 bits per heavy atom. The summed E-state index contributed by atoms with van der Waals surface area (Å²) in [7, 11) is -3.28. The highest BCUT2D eigenvalue weighted by Gasteiger charge is 2.35. The van der Waals surface area contributed by atoms with Crippen LogP contribution in [0, 0.1) is 11.0 Å². The predicted molar refractivity (Wildman–Crippen MR) is 103 cm³/mol. The molecule has 0 saturated carbocycles. The molecular weight excluding hydrogens is 407 g/mol. The molecule has 2 atom stereocenters. The summed E-state index contributed by atoms with van der Waals surface area (Å²) in [6.45, 7) is 2.23. The summed E-state index contributed by atoms with van der Waals surface area (Å²) < 4.78 is 44.3. The van der Waals surface area contributed by atoms with E-state index < -0.39 is 39.0 Å². The molecule has 1 aromatic rings. The van der Waals surface area contributed by atoms with Gasteiger partial charge in [0, 0.05) is 26.2 Å². The van der Waals surface area contributed by atoms with Crippen LogP contribution in [0.15, 0.2) is 18.2 Å². The summed E-state index contributed by atoms with van der Waals surface area (Å²) in [4.78, 5) is 26.1. The van der Waals surface area contributed by atoms with Crippen LogP contribution >= 0.6 is 0 Å². The number of cyclic esters (lactones) is 1. The fourth-order valence-electron chi connectivity index (χ4n) is 3.37. The zero-order valence-electron chi connectivity index (χ0n) is 16.1. The first-order valence-electron chi connectivity index (χ1n) is 9.08. The van der Waals surface area contributed by atoms with E-state index in [0.29, 0.717) is 18.8 Å². The van der Waals surface area contributed by atoms with Gasteiger partial charge in [0.05, 0.1) is 31.1 Å². The Bertz CT molecular complexity index is 903. The van der Waals surface area contributed by atoms with Crippen molar-refractivity contribution in [1.82, 2.24) is 4.31 Å². The lowest BCUT2D eigenvalue weighted by Gasteiger charge is -2.35. The van der Waals surface area contributed by atoms with Gasteiger partial charge in [-0.05, 0) is 18.2 Å². The maximum atomic E-state index is 14.7. The fourth-order valence-corrected chi connectivity index (χ4v) is 4.20. The van der Waals surface area contributed by atoms with Crippen molar-refractivity contribution in [3.63, 3.8) is 0 Å². The Balaban J connectivity index is 1.67. The average molecular weight is 430 g/mol. The minimum atomic E-state index is -3.28. The van der Waals surface area contributed by atoms with E-state index >= 15 is 0 Å². The minimum absolute atomic E-state index is 0.0453. The number of rotatable bonds is 5. The molecule has 2 fully saturated rings. The van der Waals surface area contributed by atoms with Crippen molar-refractivity contribution in [3.05, 3.63) is 29.2 Å². The molecule has 3 rings (SSSR count). The van der Waals surface area contributed by atoms with Gasteiger partial charge in [0.2, 0.25) is 10.0 Å². The van der Waals surface area contributed by atoms with Gasteiger partial charge in [-0.15, -0.1) is 0 Å². The number of sulfonamides is 1. The maximum absolute atomic E-state index is 14.7. The van der Waals surface area contributed by atoms with Crippen LogP contribution in [0.4, 0.5) is 20.6 Å². The quantitative estimate of drug-likeness (QED) is 0.606. The first kappa shape index (κ1) is 21.4. The molecule has 0 aliphatic carbocycles. The smallest absolute Gasteiger partial charge is 0.414 e. The lowest BCUT2D eigenvalue weighted by atomic mass is 10.2. The molecule has 2 aliphatic rings. The van der Waals surface area contributed by atoms with E-state index in [4.69, 9.17) is 4.74 Å². The SMILES string of the molecule is CC(=O)[N@@H+]([O-])CC1CN(c2ccc(N3CCN(S(C)(=O)=O)CC3)c(F)c2)C(=O)O1. The number of benzene rings is 1. The number of quaternary nitrogens is 1. The third kappa shape index (κ3) is 4.83. The molecule has 0 bridgehead atoms. The molecule has 2 heterocycles. The molecule has 0 radical (unpaired) electrons. The van der Waals surface area contributed by atoms with Crippen molar-refractivity contribution in [1.29, 1.82) is 0 Å². The van der Waals surface area contributed by atoms with Crippen molar-refractivity contribution in [2.45, 2.75) is 13.0 Å². The number of halogens is 1. The highest BCUT2D eigenvalue weighted by molar-refractivity contribution is 7.88. The van der Waals surface area contributed by atoms with Crippen molar-refractivity contribution in [2.75, 3.05) is 55.3 Å². The van der Waals surface area contributed by atoms with Crippen LogP contribution in [-0.4, -0.2) is 76.4 Å². The molecule has 2 aliphatic heterocycles. The molecule has 1 N–H and O–H groups in total. The number of nitrogens with zero attached hydrogens (tertiary/aromatic N) is 3. The second-order valence-corrected chi connectivity index (χ2v) is 9.07. The third-order valence-corrected chi connectivity index (χ3v) is 6.27. The standard InChI is InChI=1S/C17H23FN4O6S/c1-12(23)22(25)11-14-10-21(17(24)28-14)13-3-4-16(15(18)9-13)19-5-7-20(8-6-19)29(2,26)27/h3-4,9,14,22H,5-8,10-11H2,1-2H3. The van der Waals surface area contributed by atoms with Gasteiger partial charge in [-0.25, -0.2) is 22.4 Å². The molecule has 0 aromatic heterocycles. The second-order valence-electron chi connectivity index (χ2n) is 7.08. The minimum Gasteiger partial charge on any atom is -0.627 e. The Morgan fingerprint density at radius 1 is 1.31 bits per heavy atom. The van der Waals surface area contributed by atoms with Gasteiger partial charge in [0.25, 0.3) is 0 Å². The van der Waals surface area contributed by atoms with Gasteiger partial charge < -0.3 is 19.9 Å². The normalized spacial score (nSPS) is 21.9. The van der Waals surface area contributed by atoms with Gasteiger partial charge in [-0.3, -0.25) is 4.90 Å². The summed E-state index contributed by atoms with van der Waals surface area (Å²) in [5, 5.41) is 10.9. The summed E-state index contributed by atoms with van der Waals surface area (Å²) in [6, 6.07) is 4.30. The summed E-state index contributed by atoms with van der Waals surface area (Å²) in [5.74, 6) is -1.16. The Kier molecular flexibility index (Phi) is 6.08. The molecule has 1 unspecified atom stereocenters. The average Bonchev–Trinajstić information content (AvgIpc) is 3.01. The molecule has 0 spiro atoms. The zero-order valence-corrected chi connectivity index (χ0v) is 16.9. The summed E-state index contributed by atoms with van der Waals surface area (Å²) >= 11 is 0. The largest absolute Gasteiger partial charge is 0.627 e. The van der Waals surface area contributed by atoms with Crippen LogP contribution in [0.3, 0.4) is 0 Å². The Labute approximate surface area is 168 Å². The van der Waals surface area contributed by atoms with Crippen molar-refractivity contribution >= 4 is 33.4 Å². The predicted octanol–water partition coefficient (Wildman–Crippen LogP) is -0.838. The number of hydrogen-bond donors (Lipinski definition) is 1. The number of carbonyl (C=O) groups is 2. The van der Waals surface area contributed by atoms with Crippen LogP contribution in [0.5, 0.6) is 0 Å². The fraction of sp³-hybridized carbons (Fsp3) is 0.529. The highest BCUT2D eigenvalue weighted by Crippen LogP contribution is 2.28. The summed E-state index contributed by atoms with van der Waals surface area (Å²) in [5.41, 5.74) is 0.599. The first-order chi connectivity index (χ1) is 13.6. The van der Waals surface area contributed by atoms with E-state index in [2.05, 4.69) is 0 Å². The summed E-state index contributed by atoms with van der Waals surface area (Å²) in [6.07, 6.45) is -0.323. The maximum Gasteiger partial charge on any atom is 0.414 e. The van der Waals surface area contributed by atoms with Gasteiger partial charge in [0.1, 0.15) is 12.4 Å². The lowest BCUT2D eigenvalue weighted by Crippen LogP contribution is -3.10. The van der Waals surface area contributed by atoms with Crippen LogP contribution in [0.1, 0.15) is 6.92 Å². The van der Waals surface area contributed by atoms with Crippen LogP contribution < -0.4 is 14.9 Å². The number of anilines is 2. The van der Waals surface area contributed by atoms with E-state index in [1.54, 1.807) is 11.0 Å². The molecule has 1 aromatic carbocycles. The zero-order chi connectivity index (χ0) is 21.3. The topological polar surface area (TPSA) is 115 Å². The monoisotopic (exact) mass is 430 g/mol. The van der Waals surface area contributed by atoms with Gasteiger partial charge in [-0.2, -0.15) is 4.31 Å². The van der Waals surface area contributed by atoms with Crippen LogP contribution in [-0.2, 0) is 19.6 Å². The number of hydrogen-bond acceptors (Lipinski definition) is 7. The molecule has 2 saturated heterocycles. The number of carbonyl (C=O) groups excluding carboxylic acids is 2. The van der Waals surface area contributed by atoms with Crippen LogP contribution in [0.25, 0.3) is 0 Å². The van der Waals surface area contributed by atoms with Crippen molar-refractivity contribution in [3.8, 4) is 0 Å². The number of piperazine rings is 1. The van der Waals surface area contributed by atoms with Crippen LogP contribution in [0.2, 0.25) is 0 Å². The molecular formula is C17H23FN4O6S. The van der Waals surface area contributed by atoms with E-state index in [0.717, 1.165) is 13.2 Å². The van der Waals surface area contributed by atoms with Crippen molar-refractivity contribution in [2.24, 2.45) is 0 Å². The number of ether oxygens (including phenoxy) is 1. The van der Waals surface area contributed by atoms with E-state index in [9.17, 15) is 27.6 Å². The molecule has 12 heteroatoms.